The summed E-state index contributed by atoms with van der Waals surface area (Å²) in [5, 5.41) is 3.09. The zero-order valence-corrected chi connectivity index (χ0v) is 16.1. The number of benzene rings is 2. The molecule has 26 heavy (non-hydrogen) atoms. The monoisotopic (exact) mass is 398 g/mol. The van der Waals surface area contributed by atoms with Crippen molar-refractivity contribution < 1.29 is 22.7 Å². The molecule has 140 valence electrons. The SMILES string of the molecule is COc1ccc(S(=O)(=O)NCC(=O)Nc2cc(Cl)ccc2C)c(OC)c1. The van der Waals surface area contributed by atoms with Gasteiger partial charge in [0.05, 0.1) is 20.8 Å². The van der Waals surface area contributed by atoms with Crippen LogP contribution >= 0.6 is 11.6 Å². The molecule has 0 aromatic heterocycles. The Balaban J connectivity index is 2.10. The number of methoxy groups -OCH3 is 2. The molecule has 0 aliphatic carbocycles. The number of carbonyl (C=O) groups excluding carboxylic acids is 1. The van der Waals surface area contributed by atoms with E-state index in [1.165, 1.54) is 32.4 Å². The molecule has 7 nitrogen and oxygen atoms in total. The summed E-state index contributed by atoms with van der Waals surface area (Å²) < 4.78 is 37.3. The second-order valence-electron chi connectivity index (χ2n) is 5.35. The van der Waals surface area contributed by atoms with E-state index in [9.17, 15) is 13.2 Å². The molecular formula is C17H19ClN2O5S. The Bertz CT molecular complexity index is 915. The molecule has 9 heteroatoms. The third-order valence-electron chi connectivity index (χ3n) is 3.56. The number of anilines is 1. The van der Waals surface area contributed by atoms with Gasteiger partial charge in [0.2, 0.25) is 15.9 Å². The fraction of sp³-hybridized carbons (Fsp3) is 0.235. The highest BCUT2D eigenvalue weighted by Gasteiger charge is 2.21. The molecule has 0 spiro atoms. The van der Waals surface area contributed by atoms with Gasteiger partial charge >= 0.3 is 0 Å². The first-order valence-electron chi connectivity index (χ1n) is 7.54. The molecule has 0 aliphatic heterocycles. The lowest BCUT2D eigenvalue weighted by Gasteiger charge is -2.13. The van der Waals surface area contributed by atoms with Crippen LogP contribution in [0.25, 0.3) is 0 Å². The van der Waals surface area contributed by atoms with Crippen LogP contribution in [0.2, 0.25) is 5.02 Å². The predicted octanol–water partition coefficient (Wildman–Crippen LogP) is 2.58. The highest BCUT2D eigenvalue weighted by Crippen LogP contribution is 2.28. The van der Waals surface area contributed by atoms with Crippen molar-refractivity contribution in [3.8, 4) is 11.5 Å². The zero-order chi connectivity index (χ0) is 19.3. The van der Waals surface area contributed by atoms with Crippen LogP contribution in [0.3, 0.4) is 0 Å². The summed E-state index contributed by atoms with van der Waals surface area (Å²) in [5.74, 6) is 0.0457. The summed E-state index contributed by atoms with van der Waals surface area (Å²) in [5.41, 5.74) is 1.33. The lowest BCUT2D eigenvalue weighted by molar-refractivity contribution is -0.115. The molecule has 1 amide bonds. The van der Waals surface area contributed by atoms with Gasteiger partial charge in [-0.25, -0.2) is 13.1 Å². The van der Waals surface area contributed by atoms with E-state index < -0.39 is 22.5 Å². The van der Waals surface area contributed by atoms with E-state index >= 15 is 0 Å². The molecule has 2 aromatic carbocycles. The van der Waals surface area contributed by atoms with Crippen molar-refractivity contribution in [1.82, 2.24) is 4.72 Å². The van der Waals surface area contributed by atoms with Gasteiger partial charge in [0, 0.05) is 16.8 Å². The molecule has 0 atom stereocenters. The van der Waals surface area contributed by atoms with Crippen LogP contribution in [-0.4, -0.2) is 35.1 Å². The Morgan fingerprint density at radius 3 is 2.50 bits per heavy atom. The van der Waals surface area contributed by atoms with Crippen molar-refractivity contribution in [1.29, 1.82) is 0 Å². The van der Waals surface area contributed by atoms with Gasteiger partial charge in [-0.15, -0.1) is 0 Å². The maximum absolute atomic E-state index is 12.5. The molecule has 0 radical (unpaired) electrons. The van der Waals surface area contributed by atoms with Crippen LogP contribution in [-0.2, 0) is 14.8 Å². The molecule has 0 unspecified atom stereocenters. The largest absolute Gasteiger partial charge is 0.497 e. The molecule has 2 aromatic rings. The Kier molecular flexibility index (Phi) is 6.47. The second kappa shape index (κ2) is 8.39. The van der Waals surface area contributed by atoms with Gasteiger partial charge in [-0.2, -0.15) is 0 Å². The van der Waals surface area contributed by atoms with Gasteiger partial charge < -0.3 is 14.8 Å². The molecule has 0 bridgehead atoms. The molecule has 2 N–H and O–H groups in total. The summed E-state index contributed by atoms with van der Waals surface area (Å²) in [6.07, 6.45) is 0. The minimum absolute atomic E-state index is 0.0902. The Morgan fingerprint density at radius 1 is 1.12 bits per heavy atom. The Morgan fingerprint density at radius 2 is 1.85 bits per heavy atom. The van der Waals surface area contributed by atoms with Gasteiger partial charge in [0.1, 0.15) is 16.4 Å². The number of hydrogen-bond donors (Lipinski definition) is 2. The normalized spacial score (nSPS) is 11.1. The van der Waals surface area contributed by atoms with E-state index in [-0.39, 0.29) is 10.6 Å². The first-order chi connectivity index (χ1) is 12.3. The van der Waals surface area contributed by atoms with E-state index in [0.29, 0.717) is 16.5 Å². The van der Waals surface area contributed by atoms with Gasteiger partial charge in [-0.3, -0.25) is 4.79 Å². The number of ether oxygens (including phenoxy) is 2. The Labute approximate surface area is 157 Å². The topological polar surface area (TPSA) is 93.7 Å². The van der Waals surface area contributed by atoms with E-state index in [2.05, 4.69) is 10.0 Å². The minimum Gasteiger partial charge on any atom is -0.497 e. The first kappa shape index (κ1) is 20.0. The van der Waals surface area contributed by atoms with Crippen LogP contribution in [0, 0.1) is 6.92 Å². The van der Waals surface area contributed by atoms with Crippen LogP contribution in [0.4, 0.5) is 5.69 Å². The molecule has 0 fully saturated rings. The highest BCUT2D eigenvalue weighted by molar-refractivity contribution is 7.89. The van der Waals surface area contributed by atoms with E-state index in [0.717, 1.165) is 5.56 Å². The number of aryl methyl sites for hydroxylation is 1. The van der Waals surface area contributed by atoms with Gasteiger partial charge in [-0.1, -0.05) is 17.7 Å². The van der Waals surface area contributed by atoms with Gasteiger partial charge in [-0.05, 0) is 36.8 Å². The Hall–Kier alpha value is -2.29. The summed E-state index contributed by atoms with van der Waals surface area (Å²) in [6, 6.07) is 9.33. The number of halogens is 1. The number of rotatable bonds is 7. The van der Waals surface area contributed by atoms with E-state index in [1.54, 1.807) is 25.1 Å². The van der Waals surface area contributed by atoms with E-state index in [4.69, 9.17) is 21.1 Å². The van der Waals surface area contributed by atoms with Crippen molar-refractivity contribution in [2.24, 2.45) is 0 Å². The van der Waals surface area contributed by atoms with Crippen molar-refractivity contribution in [2.75, 3.05) is 26.1 Å². The van der Waals surface area contributed by atoms with Crippen LogP contribution in [0.15, 0.2) is 41.3 Å². The summed E-state index contributed by atoms with van der Waals surface area (Å²) >= 11 is 5.90. The predicted molar refractivity (Wildman–Crippen MR) is 99.6 cm³/mol. The van der Waals surface area contributed by atoms with Gasteiger partial charge in [0.25, 0.3) is 0 Å². The second-order valence-corrected chi connectivity index (χ2v) is 7.52. The number of amides is 1. The standard InChI is InChI=1S/C17H19ClN2O5S/c1-11-4-5-12(18)8-14(11)20-17(21)10-19-26(22,23)16-7-6-13(24-2)9-15(16)25-3/h4-9,19H,10H2,1-3H3,(H,20,21). The quantitative estimate of drug-likeness (QED) is 0.747. The molecule has 0 heterocycles. The average molecular weight is 399 g/mol. The van der Waals surface area contributed by atoms with Crippen LogP contribution in [0.5, 0.6) is 11.5 Å². The third kappa shape index (κ3) is 4.87. The summed E-state index contributed by atoms with van der Waals surface area (Å²) in [6.45, 7) is 1.36. The minimum atomic E-state index is -3.95. The van der Waals surface area contributed by atoms with Gasteiger partial charge in [0.15, 0.2) is 0 Å². The average Bonchev–Trinajstić information content (AvgIpc) is 2.62. The molecule has 2 rings (SSSR count). The molecule has 0 saturated carbocycles. The fourth-order valence-electron chi connectivity index (χ4n) is 2.16. The maximum atomic E-state index is 12.5. The molecule has 0 aliphatic rings. The van der Waals surface area contributed by atoms with E-state index in [1.807, 2.05) is 0 Å². The smallest absolute Gasteiger partial charge is 0.244 e. The molecular weight excluding hydrogens is 380 g/mol. The lowest BCUT2D eigenvalue weighted by Crippen LogP contribution is -2.33. The first-order valence-corrected chi connectivity index (χ1v) is 9.40. The number of nitrogens with one attached hydrogen (secondary N) is 2. The van der Waals surface area contributed by atoms with Crippen molar-refractivity contribution in [2.45, 2.75) is 11.8 Å². The lowest BCUT2D eigenvalue weighted by atomic mass is 10.2. The number of sulfonamides is 1. The number of hydrogen-bond acceptors (Lipinski definition) is 5. The maximum Gasteiger partial charge on any atom is 0.244 e. The third-order valence-corrected chi connectivity index (χ3v) is 5.23. The zero-order valence-electron chi connectivity index (χ0n) is 14.5. The van der Waals surface area contributed by atoms with Crippen molar-refractivity contribution in [3.05, 3.63) is 47.0 Å². The van der Waals surface area contributed by atoms with Crippen molar-refractivity contribution >= 4 is 33.2 Å². The van der Waals surface area contributed by atoms with Crippen molar-refractivity contribution in [3.63, 3.8) is 0 Å². The van der Waals surface area contributed by atoms with Crippen LogP contribution in [0.1, 0.15) is 5.56 Å². The summed E-state index contributed by atoms with van der Waals surface area (Å²) in [7, 11) is -1.14. The van der Waals surface area contributed by atoms with Crippen LogP contribution < -0.4 is 19.5 Å². The molecule has 0 saturated heterocycles. The summed E-state index contributed by atoms with van der Waals surface area (Å²) in [4.78, 5) is 12.0. The highest BCUT2D eigenvalue weighted by atomic mass is 35.5. The fourth-order valence-corrected chi connectivity index (χ4v) is 3.46. The number of carbonyl (C=O) groups is 1.